The van der Waals surface area contributed by atoms with Crippen LogP contribution in [0.4, 0.5) is 0 Å². The van der Waals surface area contributed by atoms with Gasteiger partial charge in [-0.25, -0.2) is 0 Å². The van der Waals surface area contributed by atoms with E-state index in [-0.39, 0.29) is 29.6 Å². The highest BCUT2D eigenvalue weighted by atomic mass is 16.2. The van der Waals surface area contributed by atoms with Gasteiger partial charge in [-0.3, -0.25) is 4.79 Å². The Labute approximate surface area is 103 Å². The van der Waals surface area contributed by atoms with Crippen molar-refractivity contribution in [3.05, 3.63) is 12.2 Å². The fourth-order valence-electron chi connectivity index (χ4n) is 2.83. The molecule has 0 aliphatic carbocycles. The number of carbonyl (C=O) groups is 1. The lowest BCUT2D eigenvalue weighted by Gasteiger charge is -2.46. The van der Waals surface area contributed by atoms with Crippen LogP contribution < -0.4 is 10.6 Å². The summed E-state index contributed by atoms with van der Waals surface area (Å²) in [7, 11) is 0. The molecule has 0 spiro atoms. The van der Waals surface area contributed by atoms with Gasteiger partial charge in [-0.1, -0.05) is 6.08 Å². The number of carbonyl (C=O) groups excluding carboxylic acids is 1. The van der Waals surface area contributed by atoms with Gasteiger partial charge in [0, 0.05) is 23.2 Å². The summed E-state index contributed by atoms with van der Waals surface area (Å²) < 4.78 is 0. The zero-order valence-electron chi connectivity index (χ0n) is 11.2. The van der Waals surface area contributed by atoms with Crippen LogP contribution in [0.3, 0.4) is 0 Å². The van der Waals surface area contributed by atoms with Gasteiger partial charge >= 0.3 is 0 Å². The van der Waals surface area contributed by atoms with Crippen LogP contribution in [0.15, 0.2) is 12.2 Å². The molecule has 1 aliphatic heterocycles. The lowest BCUT2D eigenvalue weighted by molar-refractivity contribution is -0.117. The van der Waals surface area contributed by atoms with Crippen molar-refractivity contribution < 1.29 is 9.90 Å². The number of hydrogen-bond acceptors (Lipinski definition) is 3. The van der Waals surface area contributed by atoms with Gasteiger partial charge in [0.1, 0.15) is 0 Å². The van der Waals surface area contributed by atoms with Gasteiger partial charge in [-0.05, 0) is 40.5 Å². The highest BCUT2D eigenvalue weighted by Crippen LogP contribution is 2.28. The Hall–Kier alpha value is -0.870. The van der Waals surface area contributed by atoms with Gasteiger partial charge in [-0.15, -0.1) is 0 Å². The quantitative estimate of drug-likeness (QED) is 0.644. The molecule has 1 aliphatic rings. The van der Waals surface area contributed by atoms with E-state index in [1.165, 1.54) is 12.2 Å². The average molecular weight is 240 g/mol. The summed E-state index contributed by atoms with van der Waals surface area (Å²) in [4.78, 5) is 11.6. The van der Waals surface area contributed by atoms with Crippen LogP contribution in [-0.4, -0.2) is 34.7 Å². The van der Waals surface area contributed by atoms with E-state index in [1.54, 1.807) is 0 Å². The number of piperidine rings is 1. The summed E-state index contributed by atoms with van der Waals surface area (Å²) in [6.07, 6.45) is 4.67. The van der Waals surface area contributed by atoms with Gasteiger partial charge in [0.05, 0.1) is 6.61 Å². The van der Waals surface area contributed by atoms with Gasteiger partial charge in [-0.2, -0.15) is 0 Å². The Balaban J connectivity index is 2.59. The molecule has 1 saturated heterocycles. The van der Waals surface area contributed by atoms with Crippen LogP contribution in [0.2, 0.25) is 0 Å². The lowest BCUT2D eigenvalue weighted by atomic mass is 9.79. The van der Waals surface area contributed by atoms with Crippen molar-refractivity contribution in [1.82, 2.24) is 10.6 Å². The Kier molecular flexibility index (Phi) is 4.33. The minimum Gasteiger partial charge on any atom is -0.392 e. The standard InChI is InChI=1S/C13H24N2O2/c1-12(2)8-10(9-13(3,4)15-12)14-11(17)6-5-7-16/h5-6,10,15-16H,7-9H2,1-4H3,(H,14,17)/b6-5+. The lowest BCUT2D eigenvalue weighted by Crippen LogP contribution is -2.62. The van der Waals surface area contributed by atoms with Crippen molar-refractivity contribution in [3.63, 3.8) is 0 Å². The molecule has 1 rings (SSSR count). The summed E-state index contributed by atoms with van der Waals surface area (Å²) in [6.45, 7) is 8.50. The molecule has 1 amide bonds. The molecule has 4 nitrogen and oxygen atoms in total. The maximum Gasteiger partial charge on any atom is 0.243 e. The van der Waals surface area contributed by atoms with E-state index in [1.807, 2.05) is 0 Å². The zero-order chi connectivity index (χ0) is 13.1. The predicted octanol–water partition coefficient (Wildman–Crippen LogP) is 0.960. The highest BCUT2D eigenvalue weighted by Gasteiger charge is 2.37. The van der Waals surface area contributed by atoms with E-state index in [9.17, 15) is 4.79 Å². The molecule has 0 unspecified atom stereocenters. The molecule has 0 bridgehead atoms. The maximum atomic E-state index is 11.6. The normalized spacial score (nSPS) is 23.8. The van der Waals surface area contributed by atoms with E-state index in [2.05, 4.69) is 38.3 Å². The number of amides is 1. The number of nitrogens with one attached hydrogen (secondary N) is 2. The van der Waals surface area contributed by atoms with Crippen molar-refractivity contribution >= 4 is 5.91 Å². The summed E-state index contributed by atoms with van der Waals surface area (Å²) in [5.41, 5.74) is 0.0563. The summed E-state index contributed by atoms with van der Waals surface area (Å²) in [5.74, 6) is -0.127. The van der Waals surface area contributed by atoms with Gasteiger partial charge < -0.3 is 15.7 Å². The van der Waals surface area contributed by atoms with Gasteiger partial charge in [0.2, 0.25) is 5.91 Å². The SMILES string of the molecule is CC1(C)CC(NC(=O)/C=C/CO)CC(C)(C)N1. The van der Waals surface area contributed by atoms with E-state index in [0.717, 1.165) is 12.8 Å². The molecule has 1 heterocycles. The third-order valence-electron chi connectivity index (χ3n) is 2.91. The first-order valence-electron chi connectivity index (χ1n) is 6.11. The van der Waals surface area contributed by atoms with Crippen molar-refractivity contribution in [3.8, 4) is 0 Å². The second kappa shape index (κ2) is 5.19. The largest absolute Gasteiger partial charge is 0.392 e. The Morgan fingerprint density at radius 3 is 2.35 bits per heavy atom. The van der Waals surface area contributed by atoms with Crippen molar-refractivity contribution in [2.24, 2.45) is 0 Å². The fourth-order valence-corrected chi connectivity index (χ4v) is 2.83. The number of aliphatic hydroxyl groups excluding tert-OH is 1. The first kappa shape index (κ1) is 14.2. The molecule has 4 heteroatoms. The minimum atomic E-state index is -0.127. The molecule has 98 valence electrons. The third-order valence-corrected chi connectivity index (χ3v) is 2.91. The molecule has 17 heavy (non-hydrogen) atoms. The van der Waals surface area contributed by atoms with E-state index >= 15 is 0 Å². The predicted molar refractivity (Wildman–Crippen MR) is 68.7 cm³/mol. The van der Waals surface area contributed by atoms with Crippen molar-refractivity contribution in [1.29, 1.82) is 0 Å². The van der Waals surface area contributed by atoms with Crippen LogP contribution in [0, 0.1) is 0 Å². The zero-order valence-corrected chi connectivity index (χ0v) is 11.2. The van der Waals surface area contributed by atoms with Crippen LogP contribution in [0.25, 0.3) is 0 Å². The van der Waals surface area contributed by atoms with Crippen LogP contribution in [0.5, 0.6) is 0 Å². The third kappa shape index (κ3) is 4.88. The molecule has 0 aromatic rings. The summed E-state index contributed by atoms with van der Waals surface area (Å²) >= 11 is 0. The maximum absolute atomic E-state index is 11.6. The summed E-state index contributed by atoms with van der Waals surface area (Å²) in [6, 6.07) is 0.178. The highest BCUT2D eigenvalue weighted by molar-refractivity contribution is 5.87. The van der Waals surface area contributed by atoms with E-state index < -0.39 is 0 Å². The number of hydrogen-bond donors (Lipinski definition) is 3. The topological polar surface area (TPSA) is 61.4 Å². The second-order valence-corrected chi connectivity index (χ2v) is 6.09. The molecule has 0 saturated carbocycles. The van der Waals surface area contributed by atoms with Crippen LogP contribution >= 0.6 is 0 Å². The molecular weight excluding hydrogens is 216 g/mol. The Morgan fingerprint density at radius 1 is 1.35 bits per heavy atom. The van der Waals surface area contributed by atoms with Crippen LogP contribution in [0.1, 0.15) is 40.5 Å². The van der Waals surface area contributed by atoms with Gasteiger partial charge in [0.15, 0.2) is 0 Å². The van der Waals surface area contributed by atoms with Gasteiger partial charge in [0.25, 0.3) is 0 Å². The molecule has 0 aromatic carbocycles. The molecule has 0 radical (unpaired) electrons. The van der Waals surface area contributed by atoms with Crippen LogP contribution in [-0.2, 0) is 4.79 Å². The van der Waals surface area contributed by atoms with E-state index in [0.29, 0.717) is 0 Å². The molecule has 1 fully saturated rings. The molecular formula is C13H24N2O2. The molecule has 0 atom stereocenters. The monoisotopic (exact) mass is 240 g/mol. The minimum absolute atomic E-state index is 0.0282. The van der Waals surface area contributed by atoms with Crippen molar-refractivity contribution in [2.45, 2.75) is 57.7 Å². The molecule has 3 N–H and O–H groups in total. The Morgan fingerprint density at radius 2 is 1.88 bits per heavy atom. The second-order valence-electron chi connectivity index (χ2n) is 6.09. The van der Waals surface area contributed by atoms with Crippen molar-refractivity contribution in [2.75, 3.05) is 6.61 Å². The first-order chi connectivity index (χ1) is 7.74. The van der Waals surface area contributed by atoms with E-state index in [4.69, 9.17) is 5.11 Å². The number of aliphatic hydroxyl groups is 1. The fraction of sp³-hybridized carbons (Fsp3) is 0.769. The smallest absolute Gasteiger partial charge is 0.243 e. The summed E-state index contributed by atoms with van der Waals surface area (Å²) in [5, 5.41) is 15.2. The molecule has 0 aromatic heterocycles. The Bertz CT molecular complexity index is 293. The number of rotatable bonds is 3. The first-order valence-corrected chi connectivity index (χ1v) is 6.11. The average Bonchev–Trinajstić information content (AvgIpc) is 2.09.